The molecule has 0 radical (unpaired) electrons. The van der Waals surface area contributed by atoms with Crippen LogP contribution in [0.15, 0.2) is 22.8 Å². The predicted molar refractivity (Wildman–Crippen MR) is 68.7 cm³/mol. The third-order valence-corrected chi connectivity index (χ3v) is 2.97. The zero-order chi connectivity index (χ0) is 13.0. The Morgan fingerprint density at radius 3 is 3.00 bits per heavy atom. The Bertz CT molecular complexity index is 509. The number of furan rings is 1. The first-order valence-electron chi connectivity index (χ1n) is 5.53. The van der Waals surface area contributed by atoms with E-state index in [0.717, 1.165) is 10.8 Å². The number of urea groups is 1. The Hall–Kier alpha value is -1.89. The maximum atomic E-state index is 11.6. The van der Waals surface area contributed by atoms with E-state index in [4.69, 9.17) is 4.42 Å². The molecule has 2 aromatic rings. The molecule has 2 aromatic heterocycles. The van der Waals surface area contributed by atoms with Crippen molar-refractivity contribution in [2.75, 3.05) is 5.32 Å². The van der Waals surface area contributed by atoms with Crippen LogP contribution in [0.25, 0.3) is 0 Å². The fourth-order valence-electron chi connectivity index (χ4n) is 1.49. The van der Waals surface area contributed by atoms with Crippen molar-refractivity contribution in [1.82, 2.24) is 15.5 Å². The molecule has 96 valence electrons. The zero-order valence-electron chi connectivity index (χ0n) is 10.1. The van der Waals surface area contributed by atoms with Gasteiger partial charge in [-0.1, -0.05) is 11.3 Å². The minimum Gasteiger partial charge on any atom is -0.469 e. The lowest BCUT2D eigenvalue weighted by atomic mass is 10.2. The van der Waals surface area contributed by atoms with Gasteiger partial charge >= 0.3 is 6.03 Å². The van der Waals surface area contributed by atoms with Gasteiger partial charge in [0, 0.05) is 12.5 Å². The SMILES string of the molecule is Cc1nnc(NC(=O)N[C@@H](C)Cc2ccco2)s1. The minimum absolute atomic E-state index is 0.0230. The highest BCUT2D eigenvalue weighted by Crippen LogP contribution is 2.13. The maximum Gasteiger partial charge on any atom is 0.321 e. The molecule has 2 amide bonds. The molecule has 0 spiro atoms. The van der Waals surface area contributed by atoms with Crippen LogP contribution in [-0.2, 0) is 6.42 Å². The van der Waals surface area contributed by atoms with Gasteiger partial charge in [0.15, 0.2) is 0 Å². The lowest BCUT2D eigenvalue weighted by Gasteiger charge is -2.12. The molecule has 1 atom stereocenters. The second-order valence-corrected chi connectivity index (χ2v) is 5.09. The molecule has 0 unspecified atom stereocenters. The van der Waals surface area contributed by atoms with Crippen LogP contribution < -0.4 is 10.6 Å². The molecule has 0 saturated heterocycles. The van der Waals surface area contributed by atoms with E-state index in [-0.39, 0.29) is 12.1 Å². The van der Waals surface area contributed by atoms with Gasteiger partial charge in [0.25, 0.3) is 0 Å². The third-order valence-electron chi connectivity index (χ3n) is 2.21. The minimum atomic E-state index is -0.287. The highest BCUT2D eigenvalue weighted by Gasteiger charge is 2.11. The summed E-state index contributed by atoms with van der Waals surface area (Å²) in [7, 11) is 0. The van der Waals surface area contributed by atoms with Gasteiger partial charge in [-0.2, -0.15) is 0 Å². The first kappa shape index (κ1) is 12.6. The van der Waals surface area contributed by atoms with Gasteiger partial charge in [-0.15, -0.1) is 10.2 Å². The quantitative estimate of drug-likeness (QED) is 0.889. The van der Waals surface area contributed by atoms with Gasteiger partial charge in [0.2, 0.25) is 5.13 Å². The molecular formula is C11H14N4O2S. The lowest BCUT2D eigenvalue weighted by Crippen LogP contribution is -2.37. The number of carbonyl (C=O) groups is 1. The number of rotatable bonds is 4. The fourth-order valence-corrected chi connectivity index (χ4v) is 2.07. The van der Waals surface area contributed by atoms with Crippen LogP contribution in [0.2, 0.25) is 0 Å². The topological polar surface area (TPSA) is 80.0 Å². The Kier molecular flexibility index (Phi) is 3.93. The molecular weight excluding hydrogens is 252 g/mol. The number of hydrogen-bond donors (Lipinski definition) is 2. The van der Waals surface area contributed by atoms with E-state index in [1.807, 2.05) is 26.0 Å². The molecule has 0 aliphatic carbocycles. The number of carbonyl (C=O) groups excluding carboxylic acids is 1. The summed E-state index contributed by atoms with van der Waals surface area (Å²) in [6, 6.07) is 3.39. The lowest BCUT2D eigenvalue weighted by molar-refractivity contribution is 0.248. The molecule has 0 bridgehead atoms. The van der Waals surface area contributed by atoms with Gasteiger partial charge in [0.05, 0.1) is 6.26 Å². The van der Waals surface area contributed by atoms with Crippen LogP contribution in [0.3, 0.4) is 0 Å². The molecule has 0 saturated carbocycles. The molecule has 0 fully saturated rings. The van der Waals surface area contributed by atoms with Crippen LogP contribution in [0.4, 0.5) is 9.93 Å². The first-order valence-corrected chi connectivity index (χ1v) is 6.35. The van der Waals surface area contributed by atoms with Crippen molar-refractivity contribution in [2.24, 2.45) is 0 Å². The molecule has 0 aliphatic heterocycles. The Labute approximate surface area is 108 Å². The molecule has 2 N–H and O–H groups in total. The number of amides is 2. The first-order chi connectivity index (χ1) is 8.63. The number of aryl methyl sites for hydroxylation is 1. The summed E-state index contributed by atoms with van der Waals surface area (Å²) in [6.07, 6.45) is 2.27. The number of anilines is 1. The molecule has 6 nitrogen and oxygen atoms in total. The summed E-state index contributed by atoms with van der Waals surface area (Å²) in [5.41, 5.74) is 0. The van der Waals surface area contributed by atoms with Crippen molar-refractivity contribution in [3.05, 3.63) is 29.2 Å². The number of aromatic nitrogens is 2. The van der Waals surface area contributed by atoms with E-state index in [1.54, 1.807) is 6.26 Å². The number of hydrogen-bond acceptors (Lipinski definition) is 5. The number of nitrogens with one attached hydrogen (secondary N) is 2. The van der Waals surface area contributed by atoms with Crippen LogP contribution >= 0.6 is 11.3 Å². The Balaban J connectivity index is 1.80. The third kappa shape index (κ3) is 3.56. The van der Waals surface area contributed by atoms with Crippen LogP contribution in [0, 0.1) is 6.92 Å². The highest BCUT2D eigenvalue weighted by molar-refractivity contribution is 7.15. The van der Waals surface area contributed by atoms with Gasteiger partial charge < -0.3 is 9.73 Å². The van der Waals surface area contributed by atoms with Crippen molar-refractivity contribution in [1.29, 1.82) is 0 Å². The fraction of sp³-hybridized carbons (Fsp3) is 0.364. The van der Waals surface area contributed by atoms with Gasteiger partial charge in [-0.05, 0) is 26.0 Å². The average Bonchev–Trinajstić information content (AvgIpc) is 2.90. The molecule has 2 heterocycles. The summed E-state index contributed by atoms with van der Waals surface area (Å²) >= 11 is 1.34. The smallest absolute Gasteiger partial charge is 0.321 e. The van der Waals surface area contributed by atoms with E-state index in [2.05, 4.69) is 20.8 Å². The van der Waals surface area contributed by atoms with Crippen molar-refractivity contribution < 1.29 is 9.21 Å². The maximum absolute atomic E-state index is 11.6. The predicted octanol–water partition coefficient (Wildman–Crippen LogP) is 2.19. The normalized spacial score (nSPS) is 12.1. The van der Waals surface area contributed by atoms with E-state index in [1.165, 1.54) is 11.3 Å². The van der Waals surface area contributed by atoms with Crippen molar-refractivity contribution >= 4 is 22.5 Å². The van der Waals surface area contributed by atoms with Crippen molar-refractivity contribution in [3.8, 4) is 0 Å². The Morgan fingerprint density at radius 1 is 1.56 bits per heavy atom. The summed E-state index contributed by atoms with van der Waals surface area (Å²) in [4.78, 5) is 11.6. The Morgan fingerprint density at radius 2 is 2.39 bits per heavy atom. The summed E-state index contributed by atoms with van der Waals surface area (Å²) in [6.45, 7) is 3.74. The largest absolute Gasteiger partial charge is 0.469 e. The number of nitrogens with zero attached hydrogens (tertiary/aromatic N) is 2. The molecule has 18 heavy (non-hydrogen) atoms. The molecule has 0 aromatic carbocycles. The van der Waals surface area contributed by atoms with E-state index < -0.39 is 0 Å². The molecule has 2 rings (SSSR count). The van der Waals surface area contributed by atoms with Crippen LogP contribution in [-0.4, -0.2) is 22.3 Å². The summed E-state index contributed by atoms with van der Waals surface area (Å²) in [5, 5.41) is 14.4. The van der Waals surface area contributed by atoms with E-state index in [0.29, 0.717) is 11.6 Å². The van der Waals surface area contributed by atoms with Crippen LogP contribution in [0.5, 0.6) is 0 Å². The second-order valence-electron chi connectivity index (χ2n) is 3.91. The van der Waals surface area contributed by atoms with Crippen molar-refractivity contribution in [3.63, 3.8) is 0 Å². The van der Waals surface area contributed by atoms with Gasteiger partial charge in [-0.3, -0.25) is 5.32 Å². The summed E-state index contributed by atoms with van der Waals surface area (Å²) in [5.74, 6) is 0.842. The van der Waals surface area contributed by atoms with Gasteiger partial charge in [0.1, 0.15) is 10.8 Å². The van der Waals surface area contributed by atoms with Crippen LogP contribution in [0.1, 0.15) is 17.7 Å². The zero-order valence-corrected chi connectivity index (χ0v) is 11.0. The van der Waals surface area contributed by atoms with Crippen molar-refractivity contribution in [2.45, 2.75) is 26.3 Å². The average molecular weight is 266 g/mol. The molecule has 7 heteroatoms. The summed E-state index contributed by atoms with van der Waals surface area (Å²) < 4.78 is 5.22. The standard InChI is InChI=1S/C11H14N4O2S/c1-7(6-9-4-3-5-17-9)12-10(16)13-11-15-14-8(2)18-11/h3-5,7H,6H2,1-2H3,(H2,12,13,15,16)/t7-/m0/s1. The van der Waals surface area contributed by atoms with E-state index >= 15 is 0 Å². The van der Waals surface area contributed by atoms with E-state index in [9.17, 15) is 4.79 Å². The molecule has 0 aliphatic rings. The monoisotopic (exact) mass is 266 g/mol. The second kappa shape index (κ2) is 5.63. The highest BCUT2D eigenvalue weighted by atomic mass is 32.1. The van der Waals surface area contributed by atoms with Gasteiger partial charge in [-0.25, -0.2) is 4.79 Å².